The van der Waals surface area contributed by atoms with Crippen molar-refractivity contribution >= 4 is 16.0 Å². The zero-order chi connectivity index (χ0) is 18.0. The number of sulfonamides is 1. The maximum absolute atomic E-state index is 13.1. The molecule has 0 bridgehead atoms. The highest BCUT2D eigenvalue weighted by molar-refractivity contribution is 7.89. The molecule has 0 amide bonds. The van der Waals surface area contributed by atoms with Gasteiger partial charge >= 0.3 is 5.97 Å². The molecule has 2 N–H and O–H groups in total. The van der Waals surface area contributed by atoms with E-state index in [1.54, 1.807) is 19.1 Å². The quantitative estimate of drug-likeness (QED) is 0.687. The van der Waals surface area contributed by atoms with Gasteiger partial charge in [-0.25, -0.2) is 18.2 Å². The van der Waals surface area contributed by atoms with Gasteiger partial charge < -0.3 is 4.74 Å². The van der Waals surface area contributed by atoms with E-state index in [9.17, 15) is 17.6 Å². The summed E-state index contributed by atoms with van der Waals surface area (Å²) in [6.45, 7) is 2.23. The van der Waals surface area contributed by atoms with E-state index in [0.29, 0.717) is 5.56 Å². The highest BCUT2D eigenvalue weighted by Gasteiger charge is 2.48. The van der Waals surface area contributed by atoms with Gasteiger partial charge in [-0.2, -0.15) is 4.31 Å². The molecule has 9 heteroatoms. The SMILES string of the molecule is CCOC(=O)C1CNNC1S(=O)(=O)N(Cc1ccc(F)cc1)C1CC1. The Bertz CT molecular complexity index is 721. The molecular formula is C16H22FN3O4S. The summed E-state index contributed by atoms with van der Waals surface area (Å²) < 4.78 is 45.8. The summed E-state index contributed by atoms with van der Waals surface area (Å²) in [6.07, 6.45) is 1.56. The van der Waals surface area contributed by atoms with Crippen molar-refractivity contribution in [2.45, 2.75) is 37.7 Å². The number of benzene rings is 1. The van der Waals surface area contributed by atoms with E-state index in [2.05, 4.69) is 10.9 Å². The van der Waals surface area contributed by atoms with Crippen LogP contribution < -0.4 is 10.9 Å². The fourth-order valence-electron chi connectivity index (χ4n) is 2.92. The van der Waals surface area contributed by atoms with Crippen molar-refractivity contribution in [3.63, 3.8) is 0 Å². The lowest BCUT2D eigenvalue weighted by Crippen LogP contribution is -2.49. The summed E-state index contributed by atoms with van der Waals surface area (Å²) in [5.41, 5.74) is 6.16. The zero-order valence-corrected chi connectivity index (χ0v) is 14.8. The molecule has 0 radical (unpaired) electrons. The fraction of sp³-hybridized carbons (Fsp3) is 0.562. The van der Waals surface area contributed by atoms with Gasteiger partial charge in [0.25, 0.3) is 0 Å². The summed E-state index contributed by atoms with van der Waals surface area (Å²) in [5, 5.41) is -1.08. The third-order valence-electron chi connectivity index (χ3n) is 4.37. The Morgan fingerprint density at radius 2 is 2.00 bits per heavy atom. The van der Waals surface area contributed by atoms with Crippen LogP contribution in [0.5, 0.6) is 0 Å². The van der Waals surface area contributed by atoms with Crippen molar-refractivity contribution in [2.24, 2.45) is 5.92 Å². The van der Waals surface area contributed by atoms with Crippen LogP contribution in [-0.4, -0.2) is 43.3 Å². The number of nitrogens with one attached hydrogen (secondary N) is 2. The zero-order valence-electron chi connectivity index (χ0n) is 13.9. The van der Waals surface area contributed by atoms with Gasteiger partial charge in [-0.1, -0.05) is 12.1 Å². The fourth-order valence-corrected chi connectivity index (χ4v) is 5.02. The van der Waals surface area contributed by atoms with Crippen molar-refractivity contribution in [1.82, 2.24) is 15.2 Å². The molecule has 2 aliphatic rings. The summed E-state index contributed by atoms with van der Waals surface area (Å²) in [4.78, 5) is 12.1. The predicted octanol–water partition coefficient (Wildman–Crippen LogP) is 0.733. The third kappa shape index (κ3) is 4.00. The predicted molar refractivity (Wildman–Crippen MR) is 88.9 cm³/mol. The molecule has 1 aliphatic heterocycles. The first-order chi connectivity index (χ1) is 11.9. The molecule has 2 fully saturated rings. The lowest BCUT2D eigenvalue weighted by molar-refractivity contribution is -0.147. The molecule has 1 aromatic rings. The van der Waals surface area contributed by atoms with Gasteiger partial charge in [0.15, 0.2) is 5.37 Å². The van der Waals surface area contributed by atoms with Crippen LogP contribution in [0.15, 0.2) is 24.3 Å². The molecule has 1 heterocycles. The molecule has 1 aliphatic carbocycles. The molecule has 138 valence electrons. The lowest BCUT2D eigenvalue weighted by Gasteiger charge is -2.27. The Balaban J connectivity index is 1.82. The normalized spacial score (nSPS) is 23.8. The minimum Gasteiger partial charge on any atom is -0.466 e. The Morgan fingerprint density at radius 1 is 1.32 bits per heavy atom. The molecule has 0 aromatic heterocycles. The molecule has 1 saturated carbocycles. The van der Waals surface area contributed by atoms with Gasteiger partial charge in [-0.3, -0.25) is 10.2 Å². The Labute approximate surface area is 146 Å². The monoisotopic (exact) mass is 371 g/mol. The average molecular weight is 371 g/mol. The number of esters is 1. The van der Waals surface area contributed by atoms with Gasteiger partial charge in [-0.05, 0) is 37.5 Å². The smallest absolute Gasteiger partial charge is 0.313 e. The minimum absolute atomic E-state index is 0.0831. The van der Waals surface area contributed by atoms with Crippen LogP contribution >= 0.6 is 0 Å². The van der Waals surface area contributed by atoms with E-state index < -0.39 is 27.3 Å². The van der Waals surface area contributed by atoms with E-state index in [4.69, 9.17) is 4.74 Å². The van der Waals surface area contributed by atoms with Gasteiger partial charge in [0.05, 0.1) is 6.61 Å². The number of hydrogen-bond donors (Lipinski definition) is 2. The minimum atomic E-state index is -3.79. The van der Waals surface area contributed by atoms with Crippen molar-refractivity contribution in [1.29, 1.82) is 0 Å². The molecule has 3 rings (SSSR count). The Kier molecular flexibility index (Phi) is 5.38. The first kappa shape index (κ1) is 18.2. The molecule has 1 aromatic carbocycles. The van der Waals surface area contributed by atoms with E-state index in [-0.39, 0.29) is 31.6 Å². The van der Waals surface area contributed by atoms with Crippen LogP contribution in [0.3, 0.4) is 0 Å². The largest absolute Gasteiger partial charge is 0.466 e. The van der Waals surface area contributed by atoms with Crippen LogP contribution in [0.2, 0.25) is 0 Å². The van der Waals surface area contributed by atoms with E-state index >= 15 is 0 Å². The number of ether oxygens (including phenoxy) is 1. The maximum Gasteiger partial charge on any atom is 0.313 e. The number of carbonyl (C=O) groups is 1. The van der Waals surface area contributed by atoms with Crippen LogP contribution in [-0.2, 0) is 26.1 Å². The molecule has 2 atom stereocenters. The van der Waals surface area contributed by atoms with Gasteiger partial charge in [0, 0.05) is 19.1 Å². The molecule has 0 spiro atoms. The first-order valence-corrected chi connectivity index (χ1v) is 9.84. The second-order valence-electron chi connectivity index (χ2n) is 6.25. The number of halogens is 1. The van der Waals surface area contributed by atoms with Crippen LogP contribution in [0.4, 0.5) is 4.39 Å². The molecule has 1 saturated heterocycles. The van der Waals surface area contributed by atoms with Crippen LogP contribution in [0.25, 0.3) is 0 Å². The average Bonchev–Trinajstić information content (AvgIpc) is 3.28. The summed E-state index contributed by atoms with van der Waals surface area (Å²) in [7, 11) is -3.79. The second-order valence-corrected chi connectivity index (χ2v) is 8.26. The summed E-state index contributed by atoms with van der Waals surface area (Å²) in [5.74, 6) is -1.71. The number of hydrazine groups is 1. The van der Waals surface area contributed by atoms with Crippen molar-refractivity contribution in [3.8, 4) is 0 Å². The second kappa shape index (κ2) is 7.36. The maximum atomic E-state index is 13.1. The van der Waals surface area contributed by atoms with Crippen LogP contribution in [0.1, 0.15) is 25.3 Å². The molecule has 7 nitrogen and oxygen atoms in total. The number of carbonyl (C=O) groups excluding carboxylic acids is 1. The molecule has 25 heavy (non-hydrogen) atoms. The van der Waals surface area contributed by atoms with E-state index in [1.807, 2.05) is 0 Å². The molecular weight excluding hydrogens is 349 g/mol. The van der Waals surface area contributed by atoms with Crippen molar-refractivity contribution < 1.29 is 22.3 Å². The van der Waals surface area contributed by atoms with Crippen molar-refractivity contribution in [2.75, 3.05) is 13.2 Å². The lowest BCUT2D eigenvalue weighted by atomic mass is 10.2. The molecule has 2 unspecified atom stereocenters. The van der Waals surface area contributed by atoms with E-state index in [0.717, 1.165) is 12.8 Å². The summed E-state index contributed by atoms with van der Waals surface area (Å²) in [6, 6.07) is 5.68. The number of nitrogens with zero attached hydrogens (tertiary/aromatic N) is 1. The standard InChI is InChI=1S/C16H22FN3O4S/c1-2-24-16(21)14-9-18-19-15(14)25(22,23)20(13-7-8-13)10-11-3-5-12(17)6-4-11/h3-6,13-15,18-19H,2,7-10H2,1H3. The van der Waals surface area contributed by atoms with Crippen molar-refractivity contribution in [3.05, 3.63) is 35.6 Å². The topological polar surface area (TPSA) is 87.7 Å². The number of rotatable bonds is 7. The van der Waals surface area contributed by atoms with Gasteiger partial charge in [0.1, 0.15) is 11.7 Å². The van der Waals surface area contributed by atoms with E-state index in [1.165, 1.54) is 16.4 Å². The summed E-state index contributed by atoms with van der Waals surface area (Å²) >= 11 is 0. The Hall–Kier alpha value is -1.55. The third-order valence-corrected chi connectivity index (χ3v) is 6.54. The Morgan fingerprint density at radius 3 is 2.60 bits per heavy atom. The first-order valence-electron chi connectivity index (χ1n) is 8.33. The number of hydrogen-bond acceptors (Lipinski definition) is 6. The van der Waals surface area contributed by atoms with Crippen LogP contribution in [0, 0.1) is 11.7 Å². The highest BCUT2D eigenvalue weighted by atomic mass is 32.2. The van der Waals surface area contributed by atoms with Gasteiger partial charge in [-0.15, -0.1) is 0 Å². The highest BCUT2D eigenvalue weighted by Crippen LogP contribution is 2.33. The van der Waals surface area contributed by atoms with Gasteiger partial charge in [0.2, 0.25) is 10.0 Å².